The van der Waals surface area contributed by atoms with Crippen LogP contribution < -0.4 is 0 Å². The summed E-state index contributed by atoms with van der Waals surface area (Å²) >= 11 is 3.23. The zero-order valence-corrected chi connectivity index (χ0v) is 11.1. The third-order valence-electron chi connectivity index (χ3n) is 2.56. The topological polar surface area (TPSA) is 17.1 Å². The van der Waals surface area contributed by atoms with E-state index in [1.165, 1.54) is 12.1 Å². The molecule has 0 fully saturated rings. The Balaban J connectivity index is 2.55. The fraction of sp³-hybridized carbons (Fsp3) is 0.0714. The average Bonchev–Trinajstić information content (AvgIpc) is 2.35. The van der Waals surface area contributed by atoms with E-state index in [0.717, 1.165) is 11.6 Å². The van der Waals surface area contributed by atoms with Gasteiger partial charge in [0, 0.05) is 10.0 Å². The second-order valence-corrected chi connectivity index (χ2v) is 4.77. The normalized spacial score (nSPS) is 10.4. The van der Waals surface area contributed by atoms with Crippen molar-refractivity contribution >= 4 is 21.7 Å². The predicted molar refractivity (Wildman–Crippen MR) is 68.7 cm³/mol. The van der Waals surface area contributed by atoms with Crippen molar-refractivity contribution in [2.24, 2.45) is 0 Å². The molecule has 0 N–H and O–H groups in total. The van der Waals surface area contributed by atoms with Crippen LogP contribution in [-0.2, 0) is 0 Å². The summed E-state index contributed by atoms with van der Waals surface area (Å²) in [4.78, 5) is 12.2. The van der Waals surface area contributed by atoms with Crippen molar-refractivity contribution in [1.82, 2.24) is 0 Å². The van der Waals surface area contributed by atoms with Gasteiger partial charge in [-0.2, -0.15) is 0 Å². The number of carbonyl (C=O) groups excluding carboxylic acids is 1. The van der Waals surface area contributed by atoms with Crippen LogP contribution in [0.15, 0.2) is 40.9 Å². The minimum atomic E-state index is -1.11. The van der Waals surface area contributed by atoms with Crippen LogP contribution in [0.25, 0.3) is 0 Å². The molecule has 0 aliphatic rings. The molecule has 0 spiro atoms. The highest BCUT2D eigenvalue weighted by Crippen LogP contribution is 2.23. The van der Waals surface area contributed by atoms with Crippen molar-refractivity contribution in [1.29, 1.82) is 0 Å². The molecule has 4 heteroatoms. The molecule has 0 heterocycles. The van der Waals surface area contributed by atoms with Gasteiger partial charge in [-0.1, -0.05) is 33.6 Å². The third kappa shape index (κ3) is 2.34. The van der Waals surface area contributed by atoms with Gasteiger partial charge < -0.3 is 0 Å². The molecule has 1 nitrogen and oxygen atoms in total. The molecule has 0 radical (unpaired) electrons. The molecular weight excluding hydrogens is 302 g/mol. The number of hydrogen-bond acceptors (Lipinski definition) is 1. The minimum absolute atomic E-state index is 0.263. The number of aryl methyl sites for hydroxylation is 1. The molecule has 0 aliphatic carbocycles. The number of carbonyl (C=O) groups is 1. The standard InChI is InChI=1S/C14H9BrF2O/c1-8-5-6-11(15)10(7-8)14(18)9-3-2-4-12(16)13(9)17/h2-7H,1H3. The van der Waals surface area contributed by atoms with Gasteiger partial charge in [-0.15, -0.1) is 0 Å². The fourth-order valence-corrected chi connectivity index (χ4v) is 2.06. The van der Waals surface area contributed by atoms with E-state index in [0.29, 0.717) is 10.0 Å². The van der Waals surface area contributed by atoms with Gasteiger partial charge in [0.2, 0.25) is 0 Å². The number of ketones is 1. The number of halogens is 3. The summed E-state index contributed by atoms with van der Waals surface area (Å²) in [6, 6.07) is 8.74. The van der Waals surface area contributed by atoms with Crippen LogP contribution in [0, 0.1) is 18.6 Å². The molecule has 18 heavy (non-hydrogen) atoms. The summed E-state index contributed by atoms with van der Waals surface area (Å²) in [6.45, 7) is 1.82. The van der Waals surface area contributed by atoms with E-state index in [1.807, 2.05) is 13.0 Å². The Morgan fingerprint density at radius 3 is 2.56 bits per heavy atom. The van der Waals surface area contributed by atoms with Crippen molar-refractivity contribution in [3.63, 3.8) is 0 Å². The Morgan fingerprint density at radius 2 is 1.83 bits per heavy atom. The van der Waals surface area contributed by atoms with Crippen LogP contribution in [0.4, 0.5) is 8.78 Å². The highest BCUT2D eigenvalue weighted by Gasteiger charge is 2.18. The van der Waals surface area contributed by atoms with Gasteiger partial charge in [0.15, 0.2) is 17.4 Å². The Labute approximate surface area is 112 Å². The maximum Gasteiger partial charge on any atom is 0.197 e. The van der Waals surface area contributed by atoms with E-state index in [9.17, 15) is 13.6 Å². The summed E-state index contributed by atoms with van der Waals surface area (Å²) in [5.41, 5.74) is 0.930. The van der Waals surface area contributed by atoms with Gasteiger partial charge in [-0.3, -0.25) is 4.79 Å². The van der Waals surface area contributed by atoms with Crippen molar-refractivity contribution in [2.45, 2.75) is 6.92 Å². The lowest BCUT2D eigenvalue weighted by atomic mass is 10.0. The van der Waals surface area contributed by atoms with Crippen molar-refractivity contribution in [2.75, 3.05) is 0 Å². The Morgan fingerprint density at radius 1 is 1.11 bits per heavy atom. The summed E-state index contributed by atoms with van der Waals surface area (Å²) in [6.07, 6.45) is 0. The molecular formula is C14H9BrF2O. The SMILES string of the molecule is Cc1ccc(Br)c(C(=O)c2cccc(F)c2F)c1. The largest absolute Gasteiger partial charge is 0.288 e. The van der Waals surface area contributed by atoms with Crippen molar-refractivity contribution in [3.05, 3.63) is 69.2 Å². The first-order valence-corrected chi connectivity index (χ1v) is 6.05. The molecule has 0 saturated heterocycles. The molecule has 2 aromatic carbocycles. The van der Waals surface area contributed by atoms with E-state index < -0.39 is 17.4 Å². The maximum absolute atomic E-state index is 13.6. The summed E-state index contributed by atoms with van der Waals surface area (Å²) in [5.74, 6) is -2.68. The smallest absolute Gasteiger partial charge is 0.197 e. The lowest BCUT2D eigenvalue weighted by Crippen LogP contribution is -2.07. The zero-order valence-electron chi connectivity index (χ0n) is 9.51. The Kier molecular flexibility index (Phi) is 3.57. The first-order chi connectivity index (χ1) is 8.50. The molecule has 0 saturated carbocycles. The first-order valence-electron chi connectivity index (χ1n) is 5.25. The second kappa shape index (κ2) is 4.98. The molecule has 0 atom stereocenters. The van der Waals surface area contributed by atoms with Crippen LogP contribution in [-0.4, -0.2) is 5.78 Å². The van der Waals surface area contributed by atoms with E-state index >= 15 is 0 Å². The van der Waals surface area contributed by atoms with Crippen molar-refractivity contribution < 1.29 is 13.6 Å². The summed E-state index contributed by atoms with van der Waals surface area (Å²) in [5, 5.41) is 0. The van der Waals surface area contributed by atoms with Gasteiger partial charge in [0.1, 0.15) is 0 Å². The lowest BCUT2D eigenvalue weighted by molar-refractivity contribution is 0.103. The van der Waals surface area contributed by atoms with Crippen molar-refractivity contribution in [3.8, 4) is 0 Å². The van der Waals surface area contributed by atoms with Gasteiger partial charge >= 0.3 is 0 Å². The molecule has 2 aromatic rings. The Bertz CT molecular complexity index is 619. The number of hydrogen-bond donors (Lipinski definition) is 0. The van der Waals surface area contributed by atoms with Gasteiger partial charge in [0.25, 0.3) is 0 Å². The van der Waals surface area contributed by atoms with Crippen LogP contribution in [0.1, 0.15) is 21.5 Å². The number of benzene rings is 2. The molecule has 0 unspecified atom stereocenters. The monoisotopic (exact) mass is 310 g/mol. The van der Waals surface area contributed by atoms with Crippen LogP contribution >= 0.6 is 15.9 Å². The molecule has 0 amide bonds. The summed E-state index contributed by atoms with van der Waals surface area (Å²) in [7, 11) is 0. The van der Waals surface area contributed by atoms with Crippen LogP contribution in [0.2, 0.25) is 0 Å². The first kappa shape index (κ1) is 12.9. The number of rotatable bonds is 2. The average molecular weight is 311 g/mol. The minimum Gasteiger partial charge on any atom is -0.288 e. The maximum atomic E-state index is 13.6. The van der Waals surface area contributed by atoms with Crippen LogP contribution in [0.5, 0.6) is 0 Å². The third-order valence-corrected chi connectivity index (χ3v) is 3.25. The molecule has 0 aromatic heterocycles. The molecule has 92 valence electrons. The highest BCUT2D eigenvalue weighted by molar-refractivity contribution is 9.10. The van der Waals surface area contributed by atoms with Gasteiger partial charge in [-0.25, -0.2) is 8.78 Å². The lowest BCUT2D eigenvalue weighted by Gasteiger charge is -2.06. The van der Waals surface area contributed by atoms with Crippen LogP contribution in [0.3, 0.4) is 0 Å². The predicted octanol–water partition coefficient (Wildman–Crippen LogP) is 4.27. The fourth-order valence-electron chi connectivity index (χ4n) is 1.64. The van der Waals surface area contributed by atoms with E-state index in [1.54, 1.807) is 12.1 Å². The van der Waals surface area contributed by atoms with E-state index in [-0.39, 0.29) is 5.56 Å². The molecule has 2 rings (SSSR count). The Hall–Kier alpha value is -1.55. The second-order valence-electron chi connectivity index (χ2n) is 3.91. The van der Waals surface area contributed by atoms with Gasteiger partial charge in [-0.05, 0) is 31.2 Å². The van der Waals surface area contributed by atoms with E-state index in [4.69, 9.17) is 0 Å². The zero-order chi connectivity index (χ0) is 13.3. The molecule has 0 bridgehead atoms. The van der Waals surface area contributed by atoms with Gasteiger partial charge in [0.05, 0.1) is 5.56 Å². The summed E-state index contributed by atoms with van der Waals surface area (Å²) < 4.78 is 27.2. The van der Waals surface area contributed by atoms with E-state index in [2.05, 4.69) is 15.9 Å². The molecule has 0 aliphatic heterocycles. The quantitative estimate of drug-likeness (QED) is 0.757. The highest BCUT2D eigenvalue weighted by atomic mass is 79.9.